The zero-order chi connectivity index (χ0) is 16.1. The summed E-state index contributed by atoms with van der Waals surface area (Å²) in [5, 5.41) is 8.54. The highest BCUT2D eigenvalue weighted by Gasteiger charge is 2.10. The Hall–Kier alpha value is -3.28. The summed E-state index contributed by atoms with van der Waals surface area (Å²) in [5.74, 6) is -1.28. The van der Waals surface area contributed by atoms with Gasteiger partial charge in [-0.15, -0.1) is 0 Å². The summed E-state index contributed by atoms with van der Waals surface area (Å²) in [6.45, 7) is 0. The predicted octanol–water partition coefficient (Wildman–Crippen LogP) is 2.17. The topological polar surface area (TPSA) is 116 Å². The van der Waals surface area contributed by atoms with E-state index in [-0.39, 0.29) is 5.56 Å². The van der Waals surface area contributed by atoms with Crippen LogP contribution >= 0.6 is 0 Å². The van der Waals surface area contributed by atoms with E-state index in [0.717, 1.165) is 6.08 Å². The second kappa shape index (κ2) is 6.45. The lowest BCUT2D eigenvalue weighted by molar-refractivity contribution is -0.131. The summed E-state index contributed by atoms with van der Waals surface area (Å²) in [7, 11) is 0. The number of anilines is 2. The molecule has 22 heavy (non-hydrogen) atoms. The number of nitrogens with two attached hydrogens (primary N) is 2. The van der Waals surface area contributed by atoms with Crippen LogP contribution in [0.15, 0.2) is 48.5 Å². The van der Waals surface area contributed by atoms with Crippen molar-refractivity contribution < 1.29 is 19.4 Å². The first-order valence-corrected chi connectivity index (χ1v) is 6.33. The van der Waals surface area contributed by atoms with Gasteiger partial charge < -0.3 is 21.3 Å². The molecule has 6 nitrogen and oxygen atoms in total. The van der Waals surface area contributed by atoms with Crippen LogP contribution in [-0.2, 0) is 4.79 Å². The number of esters is 1. The molecule has 0 aliphatic rings. The minimum Gasteiger partial charge on any atom is -0.478 e. The highest BCUT2D eigenvalue weighted by atomic mass is 16.5. The van der Waals surface area contributed by atoms with Crippen molar-refractivity contribution >= 4 is 29.4 Å². The second-order valence-corrected chi connectivity index (χ2v) is 4.52. The van der Waals surface area contributed by atoms with Gasteiger partial charge in [0.05, 0.1) is 5.56 Å². The summed E-state index contributed by atoms with van der Waals surface area (Å²) in [6.07, 6.45) is 2.46. The Morgan fingerprint density at radius 1 is 1.00 bits per heavy atom. The van der Waals surface area contributed by atoms with Gasteiger partial charge in [-0.25, -0.2) is 9.59 Å². The average Bonchev–Trinajstić information content (AvgIpc) is 2.45. The van der Waals surface area contributed by atoms with Crippen molar-refractivity contribution in [2.75, 3.05) is 11.5 Å². The molecule has 0 aliphatic heterocycles. The zero-order valence-corrected chi connectivity index (χ0v) is 11.5. The van der Waals surface area contributed by atoms with Crippen LogP contribution in [-0.4, -0.2) is 17.0 Å². The SMILES string of the molecule is Nc1cc(N)cc(C(=O)Oc2ccc(/C=C/C(=O)O)cc2)c1. The van der Waals surface area contributed by atoms with E-state index in [0.29, 0.717) is 22.7 Å². The van der Waals surface area contributed by atoms with Crippen LogP contribution in [0, 0.1) is 0 Å². The van der Waals surface area contributed by atoms with Crippen LogP contribution in [0.3, 0.4) is 0 Å². The average molecular weight is 298 g/mol. The maximum absolute atomic E-state index is 12.0. The molecule has 0 saturated carbocycles. The Kier molecular flexibility index (Phi) is 4.43. The number of nitrogen functional groups attached to an aromatic ring is 2. The number of rotatable bonds is 4. The van der Waals surface area contributed by atoms with Gasteiger partial charge in [-0.3, -0.25) is 0 Å². The van der Waals surface area contributed by atoms with E-state index in [1.165, 1.54) is 18.2 Å². The lowest BCUT2D eigenvalue weighted by atomic mass is 10.1. The van der Waals surface area contributed by atoms with Gasteiger partial charge in [0.25, 0.3) is 0 Å². The Bertz CT molecular complexity index is 716. The number of carboxylic acids is 1. The normalized spacial score (nSPS) is 10.5. The number of carbonyl (C=O) groups excluding carboxylic acids is 1. The fraction of sp³-hybridized carbons (Fsp3) is 0. The third kappa shape index (κ3) is 4.11. The third-order valence-corrected chi connectivity index (χ3v) is 2.72. The molecule has 2 aromatic carbocycles. The minimum absolute atomic E-state index is 0.257. The quantitative estimate of drug-likeness (QED) is 0.345. The number of carboxylic acid groups (broad SMARTS) is 1. The molecule has 0 atom stereocenters. The Balaban J connectivity index is 2.10. The molecular formula is C16H14N2O4. The molecule has 2 rings (SSSR count). The maximum Gasteiger partial charge on any atom is 0.343 e. The summed E-state index contributed by atoms with van der Waals surface area (Å²) in [4.78, 5) is 22.4. The number of hydrogen-bond acceptors (Lipinski definition) is 5. The third-order valence-electron chi connectivity index (χ3n) is 2.72. The fourth-order valence-corrected chi connectivity index (χ4v) is 1.77. The van der Waals surface area contributed by atoms with E-state index >= 15 is 0 Å². The molecule has 0 aromatic heterocycles. The van der Waals surface area contributed by atoms with Crippen molar-refractivity contribution in [3.63, 3.8) is 0 Å². The van der Waals surface area contributed by atoms with Crippen LogP contribution < -0.4 is 16.2 Å². The minimum atomic E-state index is -1.03. The molecule has 5 N–H and O–H groups in total. The summed E-state index contributed by atoms with van der Waals surface area (Å²) in [5.41, 5.74) is 12.9. The molecule has 0 amide bonds. The number of benzene rings is 2. The molecule has 0 bridgehead atoms. The lowest BCUT2D eigenvalue weighted by Crippen LogP contribution is -2.09. The fourth-order valence-electron chi connectivity index (χ4n) is 1.77. The van der Waals surface area contributed by atoms with E-state index < -0.39 is 11.9 Å². The van der Waals surface area contributed by atoms with Gasteiger partial charge in [-0.1, -0.05) is 12.1 Å². The Labute approximate surface area is 126 Å². The Morgan fingerprint density at radius 2 is 1.59 bits per heavy atom. The first-order chi connectivity index (χ1) is 10.4. The van der Waals surface area contributed by atoms with Crippen molar-refractivity contribution in [2.45, 2.75) is 0 Å². The zero-order valence-electron chi connectivity index (χ0n) is 11.5. The first kappa shape index (κ1) is 15.1. The highest BCUT2D eigenvalue weighted by molar-refractivity contribution is 5.93. The first-order valence-electron chi connectivity index (χ1n) is 6.33. The number of ether oxygens (including phenoxy) is 1. The summed E-state index contributed by atoms with van der Waals surface area (Å²) in [6, 6.07) is 10.9. The molecular weight excluding hydrogens is 284 g/mol. The number of hydrogen-bond donors (Lipinski definition) is 3. The Morgan fingerprint density at radius 3 is 2.14 bits per heavy atom. The lowest BCUT2D eigenvalue weighted by Gasteiger charge is -2.06. The van der Waals surface area contributed by atoms with Crippen LogP contribution in [0.25, 0.3) is 6.08 Å². The van der Waals surface area contributed by atoms with Crippen LogP contribution in [0.2, 0.25) is 0 Å². The van der Waals surface area contributed by atoms with Crippen molar-refractivity contribution in [2.24, 2.45) is 0 Å². The molecule has 0 aliphatic carbocycles. The van der Waals surface area contributed by atoms with E-state index in [9.17, 15) is 9.59 Å². The largest absolute Gasteiger partial charge is 0.478 e. The van der Waals surface area contributed by atoms with Crippen LogP contribution in [0.5, 0.6) is 5.75 Å². The molecule has 0 spiro atoms. The van der Waals surface area contributed by atoms with Crippen molar-refractivity contribution in [3.05, 3.63) is 59.7 Å². The molecule has 2 aromatic rings. The predicted molar refractivity (Wildman–Crippen MR) is 83.3 cm³/mol. The monoisotopic (exact) mass is 298 g/mol. The standard InChI is InChI=1S/C16H14N2O4/c17-12-7-11(8-13(18)9-12)16(21)22-14-4-1-10(2-5-14)3-6-15(19)20/h1-9H,17-18H2,(H,19,20)/b6-3+. The number of carbonyl (C=O) groups is 2. The van der Waals surface area contributed by atoms with Gasteiger partial charge in [0, 0.05) is 17.5 Å². The maximum atomic E-state index is 12.0. The molecule has 0 saturated heterocycles. The molecule has 0 heterocycles. The molecule has 6 heteroatoms. The summed E-state index contributed by atoms with van der Waals surface area (Å²) >= 11 is 0. The molecule has 0 unspecified atom stereocenters. The van der Waals surface area contributed by atoms with E-state index in [4.69, 9.17) is 21.3 Å². The van der Waals surface area contributed by atoms with Crippen molar-refractivity contribution in [3.8, 4) is 5.75 Å². The van der Waals surface area contributed by atoms with Gasteiger partial charge >= 0.3 is 11.9 Å². The van der Waals surface area contributed by atoms with E-state index in [1.54, 1.807) is 30.3 Å². The van der Waals surface area contributed by atoms with Gasteiger partial charge in [-0.2, -0.15) is 0 Å². The van der Waals surface area contributed by atoms with Crippen molar-refractivity contribution in [1.82, 2.24) is 0 Å². The van der Waals surface area contributed by atoms with Gasteiger partial charge in [-0.05, 0) is 42.0 Å². The van der Waals surface area contributed by atoms with Crippen LogP contribution in [0.4, 0.5) is 11.4 Å². The molecule has 0 fully saturated rings. The van der Waals surface area contributed by atoms with E-state index in [1.807, 2.05) is 0 Å². The van der Waals surface area contributed by atoms with Gasteiger partial charge in [0.1, 0.15) is 5.75 Å². The highest BCUT2D eigenvalue weighted by Crippen LogP contribution is 2.18. The number of aliphatic carboxylic acids is 1. The summed E-state index contributed by atoms with van der Waals surface area (Å²) < 4.78 is 5.20. The second-order valence-electron chi connectivity index (χ2n) is 4.52. The molecule has 0 radical (unpaired) electrons. The van der Waals surface area contributed by atoms with Crippen LogP contribution in [0.1, 0.15) is 15.9 Å². The van der Waals surface area contributed by atoms with Crippen molar-refractivity contribution in [1.29, 1.82) is 0 Å². The smallest absolute Gasteiger partial charge is 0.343 e. The molecule has 112 valence electrons. The van der Waals surface area contributed by atoms with E-state index in [2.05, 4.69) is 0 Å². The van der Waals surface area contributed by atoms with Gasteiger partial charge in [0.15, 0.2) is 0 Å². The van der Waals surface area contributed by atoms with Gasteiger partial charge in [0.2, 0.25) is 0 Å².